The molecule has 0 spiro atoms. The fraction of sp³-hybridized carbons (Fsp3) is 0.240. The molecule has 0 aliphatic carbocycles. The Morgan fingerprint density at radius 3 is 2.67 bits per heavy atom. The zero-order valence-corrected chi connectivity index (χ0v) is 20.5. The van der Waals surface area contributed by atoms with E-state index >= 15 is 0 Å². The van der Waals surface area contributed by atoms with Crippen molar-refractivity contribution in [3.05, 3.63) is 82.1 Å². The summed E-state index contributed by atoms with van der Waals surface area (Å²) in [5.74, 6) is 0.109. The van der Waals surface area contributed by atoms with Crippen molar-refractivity contribution < 1.29 is 18.5 Å². The summed E-state index contributed by atoms with van der Waals surface area (Å²) < 4.78 is 18.2. The van der Waals surface area contributed by atoms with Crippen molar-refractivity contribution in [3.8, 4) is 11.3 Å². The predicted molar refractivity (Wildman–Crippen MR) is 132 cm³/mol. The van der Waals surface area contributed by atoms with Gasteiger partial charge in [-0.2, -0.15) is 0 Å². The standard InChI is InChI=1S/C25H23FN6O3S/c1-15-11-20(30-35-15)13-28-23(33)22-16(2)29-24(36-22)32-10-9-31(25(32)34)14-17-3-8-21(27-12-17)18-4-6-19(26)7-5-18/h3-8,11-12H,9-10,13-14H2,1-2H3,(H,28,33). The summed E-state index contributed by atoms with van der Waals surface area (Å²) in [6.07, 6.45) is 1.72. The Bertz CT molecular complexity index is 1400. The number of anilines is 1. The van der Waals surface area contributed by atoms with Gasteiger partial charge in [-0.05, 0) is 49.7 Å². The van der Waals surface area contributed by atoms with E-state index in [0.29, 0.717) is 46.8 Å². The summed E-state index contributed by atoms with van der Waals surface area (Å²) in [5.41, 5.74) is 3.64. The number of nitrogens with zero attached hydrogens (tertiary/aromatic N) is 5. The molecule has 0 atom stereocenters. The SMILES string of the molecule is Cc1cc(CNC(=O)c2sc(N3CCN(Cc4ccc(-c5ccc(F)cc5)nc4)C3=O)nc2C)no1. The molecule has 36 heavy (non-hydrogen) atoms. The lowest BCUT2D eigenvalue weighted by Crippen LogP contribution is -2.31. The third kappa shape index (κ3) is 4.96. The van der Waals surface area contributed by atoms with E-state index < -0.39 is 0 Å². The molecular formula is C25H23FN6O3S. The number of nitrogens with one attached hydrogen (secondary N) is 1. The minimum absolute atomic E-state index is 0.170. The normalized spacial score (nSPS) is 13.5. The average molecular weight is 507 g/mol. The Kier molecular flexibility index (Phi) is 6.47. The second-order valence-corrected chi connectivity index (χ2v) is 9.41. The van der Waals surface area contributed by atoms with Gasteiger partial charge in [0, 0.05) is 37.5 Å². The van der Waals surface area contributed by atoms with Gasteiger partial charge in [0.15, 0.2) is 5.13 Å². The number of amides is 3. The van der Waals surface area contributed by atoms with Crippen LogP contribution >= 0.6 is 11.3 Å². The van der Waals surface area contributed by atoms with Crippen LogP contribution in [0.3, 0.4) is 0 Å². The molecule has 1 N–H and O–H groups in total. The Hall–Kier alpha value is -4.12. The third-order valence-electron chi connectivity index (χ3n) is 5.76. The summed E-state index contributed by atoms with van der Waals surface area (Å²) in [6, 6.07) is 11.5. The number of pyridine rings is 1. The largest absolute Gasteiger partial charge is 0.361 e. The Morgan fingerprint density at radius 1 is 1.17 bits per heavy atom. The lowest BCUT2D eigenvalue weighted by Gasteiger charge is -2.17. The summed E-state index contributed by atoms with van der Waals surface area (Å²) in [5, 5.41) is 7.18. The Balaban J connectivity index is 1.21. The molecule has 3 amide bonds. The summed E-state index contributed by atoms with van der Waals surface area (Å²) in [4.78, 5) is 38.5. The van der Waals surface area contributed by atoms with Gasteiger partial charge in [0.25, 0.3) is 5.91 Å². The van der Waals surface area contributed by atoms with Crippen molar-refractivity contribution in [1.29, 1.82) is 0 Å². The molecule has 1 aliphatic rings. The first kappa shape index (κ1) is 23.6. The monoisotopic (exact) mass is 506 g/mol. The van der Waals surface area contributed by atoms with E-state index in [1.54, 1.807) is 48.0 Å². The molecule has 1 fully saturated rings. The number of urea groups is 1. The lowest BCUT2D eigenvalue weighted by molar-refractivity contribution is 0.0953. The topological polar surface area (TPSA) is 104 Å². The molecule has 0 unspecified atom stereocenters. The highest BCUT2D eigenvalue weighted by Crippen LogP contribution is 2.29. The molecule has 1 aromatic carbocycles. The number of hydrogen-bond donors (Lipinski definition) is 1. The molecular weight excluding hydrogens is 483 g/mol. The van der Waals surface area contributed by atoms with Crippen LogP contribution in [0.2, 0.25) is 0 Å². The number of aromatic nitrogens is 3. The fourth-order valence-electron chi connectivity index (χ4n) is 3.90. The summed E-state index contributed by atoms with van der Waals surface area (Å²) in [6.45, 7) is 5.19. The number of benzene rings is 1. The van der Waals surface area contributed by atoms with Crippen LogP contribution in [0.15, 0.2) is 53.2 Å². The van der Waals surface area contributed by atoms with Crippen LogP contribution in [0.5, 0.6) is 0 Å². The van der Waals surface area contributed by atoms with Crippen molar-refractivity contribution in [2.75, 3.05) is 18.0 Å². The van der Waals surface area contributed by atoms with Crippen LogP contribution in [0.4, 0.5) is 14.3 Å². The number of aryl methyl sites for hydroxylation is 2. The van der Waals surface area contributed by atoms with E-state index in [2.05, 4.69) is 20.4 Å². The van der Waals surface area contributed by atoms with Crippen LogP contribution in [-0.4, -0.2) is 45.1 Å². The first-order valence-electron chi connectivity index (χ1n) is 11.3. The van der Waals surface area contributed by atoms with Gasteiger partial charge in [0.05, 0.1) is 17.9 Å². The quantitative estimate of drug-likeness (QED) is 0.400. The average Bonchev–Trinajstić information content (AvgIpc) is 3.57. The molecule has 11 heteroatoms. The number of thiazole rings is 1. The van der Waals surface area contributed by atoms with E-state index in [9.17, 15) is 14.0 Å². The molecule has 0 bridgehead atoms. The minimum atomic E-state index is -0.294. The molecule has 184 valence electrons. The maximum Gasteiger partial charge on any atom is 0.326 e. The lowest BCUT2D eigenvalue weighted by atomic mass is 10.1. The highest BCUT2D eigenvalue weighted by Gasteiger charge is 2.32. The van der Waals surface area contributed by atoms with Gasteiger partial charge in [0.2, 0.25) is 0 Å². The maximum absolute atomic E-state index is 13.2. The molecule has 1 saturated heterocycles. The molecule has 9 nitrogen and oxygen atoms in total. The second-order valence-electron chi connectivity index (χ2n) is 8.44. The molecule has 1 aliphatic heterocycles. The van der Waals surface area contributed by atoms with Crippen LogP contribution in [0.1, 0.15) is 32.4 Å². The number of hydrogen-bond acceptors (Lipinski definition) is 7. The molecule has 5 rings (SSSR count). The van der Waals surface area contributed by atoms with Crippen molar-refractivity contribution in [1.82, 2.24) is 25.3 Å². The number of halogens is 1. The Labute approximate surface area is 210 Å². The first-order valence-corrected chi connectivity index (χ1v) is 12.1. The summed E-state index contributed by atoms with van der Waals surface area (Å²) in [7, 11) is 0. The van der Waals surface area contributed by atoms with Gasteiger partial charge >= 0.3 is 6.03 Å². The highest BCUT2D eigenvalue weighted by molar-refractivity contribution is 7.17. The Morgan fingerprint density at radius 2 is 1.97 bits per heavy atom. The van der Waals surface area contributed by atoms with E-state index in [-0.39, 0.29) is 24.3 Å². The molecule has 0 radical (unpaired) electrons. The maximum atomic E-state index is 13.2. The van der Waals surface area contributed by atoms with Crippen LogP contribution in [0.25, 0.3) is 11.3 Å². The van der Waals surface area contributed by atoms with Gasteiger partial charge in [-0.1, -0.05) is 22.6 Å². The summed E-state index contributed by atoms with van der Waals surface area (Å²) >= 11 is 1.19. The van der Waals surface area contributed by atoms with Crippen LogP contribution in [-0.2, 0) is 13.1 Å². The number of carbonyl (C=O) groups excluding carboxylic acids is 2. The van der Waals surface area contributed by atoms with Gasteiger partial charge < -0.3 is 14.7 Å². The van der Waals surface area contributed by atoms with Crippen molar-refractivity contribution in [2.45, 2.75) is 26.9 Å². The molecule has 0 saturated carbocycles. The number of carbonyl (C=O) groups is 2. The molecule has 4 aromatic rings. The van der Waals surface area contributed by atoms with Crippen molar-refractivity contribution in [2.24, 2.45) is 0 Å². The van der Waals surface area contributed by atoms with Crippen molar-refractivity contribution >= 4 is 28.4 Å². The number of rotatable bonds is 7. The van der Waals surface area contributed by atoms with Crippen molar-refractivity contribution in [3.63, 3.8) is 0 Å². The van der Waals surface area contributed by atoms with Crippen LogP contribution in [0, 0.1) is 19.7 Å². The van der Waals surface area contributed by atoms with E-state index in [0.717, 1.165) is 16.8 Å². The third-order valence-corrected chi connectivity index (χ3v) is 6.94. The molecule has 3 aromatic heterocycles. The highest BCUT2D eigenvalue weighted by atomic mass is 32.1. The van der Waals surface area contributed by atoms with Gasteiger partial charge in [-0.3, -0.25) is 14.7 Å². The molecule has 4 heterocycles. The zero-order chi connectivity index (χ0) is 25.2. The smallest absolute Gasteiger partial charge is 0.326 e. The first-order chi connectivity index (χ1) is 17.4. The fourth-order valence-corrected chi connectivity index (χ4v) is 4.90. The van der Waals surface area contributed by atoms with E-state index in [1.165, 1.54) is 23.5 Å². The van der Waals surface area contributed by atoms with Gasteiger partial charge in [0.1, 0.15) is 22.1 Å². The van der Waals surface area contributed by atoms with Gasteiger partial charge in [-0.15, -0.1) is 0 Å². The van der Waals surface area contributed by atoms with E-state index in [4.69, 9.17) is 4.52 Å². The second kappa shape index (κ2) is 9.86. The zero-order valence-electron chi connectivity index (χ0n) is 19.7. The predicted octanol–water partition coefficient (Wildman–Crippen LogP) is 4.32. The van der Waals surface area contributed by atoms with E-state index in [1.807, 2.05) is 12.1 Å². The van der Waals surface area contributed by atoms with Gasteiger partial charge in [-0.25, -0.2) is 14.2 Å². The minimum Gasteiger partial charge on any atom is -0.361 e. The van der Waals surface area contributed by atoms with Crippen LogP contribution < -0.4 is 10.2 Å².